The topological polar surface area (TPSA) is 61.6 Å². The van der Waals surface area contributed by atoms with Crippen LogP contribution in [0.4, 0.5) is 0 Å². The summed E-state index contributed by atoms with van der Waals surface area (Å²) in [6.07, 6.45) is 1.93. The molecule has 4 nitrogen and oxygen atoms in total. The van der Waals surface area contributed by atoms with Gasteiger partial charge in [-0.15, -0.1) is 0 Å². The molecule has 1 heterocycles. The van der Waals surface area contributed by atoms with Crippen molar-refractivity contribution in [3.8, 4) is 0 Å². The van der Waals surface area contributed by atoms with E-state index in [1.165, 1.54) is 0 Å². The standard InChI is InChI=1S/C15H21NO3/c16-10-14(13-4-2-1-3-5-13)15(17)19-11-12-6-8-18-9-7-12/h1-5,12,14H,6-11,16H2. The van der Waals surface area contributed by atoms with Gasteiger partial charge in [0.1, 0.15) is 0 Å². The molecule has 1 aromatic rings. The molecule has 0 aliphatic carbocycles. The normalized spacial score (nSPS) is 17.9. The van der Waals surface area contributed by atoms with Crippen LogP contribution >= 0.6 is 0 Å². The summed E-state index contributed by atoms with van der Waals surface area (Å²) in [5.74, 6) is -0.159. The van der Waals surface area contributed by atoms with Crippen molar-refractivity contribution in [1.82, 2.24) is 0 Å². The Morgan fingerprint density at radius 1 is 1.32 bits per heavy atom. The summed E-state index contributed by atoms with van der Waals surface area (Å²) >= 11 is 0. The van der Waals surface area contributed by atoms with Gasteiger partial charge in [-0.05, 0) is 24.3 Å². The van der Waals surface area contributed by atoms with Crippen LogP contribution in [-0.2, 0) is 14.3 Å². The smallest absolute Gasteiger partial charge is 0.314 e. The first-order chi connectivity index (χ1) is 9.31. The van der Waals surface area contributed by atoms with Gasteiger partial charge in [0, 0.05) is 19.8 Å². The lowest BCUT2D eigenvalue weighted by atomic mass is 9.99. The Hall–Kier alpha value is -1.39. The van der Waals surface area contributed by atoms with E-state index in [9.17, 15) is 4.79 Å². The second-order valence-electron chi connectivity index (χ2n) is 4.88. The van der Waals surface area contributed by atoms with Crippen molar-refractivity contribution < 1.29 is 14.3 Å². The van der Waals surface area contributed by atoms with Crippen LogP contribution in [0.2, 0.25) is 0 Å². The van der Waals surface area contributed by atoms with E-state index in [1.807, 2.05) is 30.3 Å². The lowest BCUT2D eigenvalue weighted by Crippen LogP contribution is -2.27. The Bertz CT molecular complexity index is 388. The number of hydrogen-bond donors (Lipinski definition) is 1. The minimum Gasteiger partial charge on any atom is -0.465 e. The Kier molecular flexibility index (Phi) is 5.36. The molecular weight excluding hydrogens is 242 g/mol. The zero-order valence-electron chi connectivity index (χ0n) is 11.1. The molecule has 0 bridgehead atoms. The third-order valence-corrected chi connectivity index (χ3v) is 3.52. The quantitative estimate of drug-likeness (QED) is 0.821. The molecule has 0 spiro atoms. The van der Waals surface area contributed by atoms with Gasteiger partial charge in [0.25, 0.3) is 0 Å². The molecular formula is C15H21NO3. The molecule has 0 amide bonds. The number of nitrogens with two attached hydrogens (primary N) is 1. The summed E-state index contributed by atoms with van der Waals surface area (Å²) < 4.78 is 10.7. The zero-order valence-corrected chi connectivity index (χ0v) is 11.1. The SMILES string of the molecule is NCC(C(=O)OCC1CCOCC1)c1ccccc1. The number of ether oxygens (including phenoxy) is 2. The van der Waals surface area contributed by atoms with E-state index in [4.69, 9.17) is 15.2 Å². The Labute approximate surface area is 113 Å². The van der Waals surface area contributed by atoms with Crippen LogP contribution in [0.25, 0.3) is 0 Å². The van der Waals surface area contributed by atoms with Crippen LogP contribution in [0, 0.1) is 5.92 Å². The first kappa shape index (κ1) is 14.0. The van der Waals surface area contributed by atoms with Gasteiger partial charge in [-0.1, -0.05) is 30.3 Å². The summed E-state index contributed by atoms with van der Waals surface area (Å²) in [6.45, 7) is 2.28. The Balaban J connectivity index is 1.86. The zero-order chi connectivity index (χ0) is 13.5. The maximum atomic E-state index is 12.1. The van der Waals surface area contributed by atoms with Crippen molar-refractivity contribution in [2.75, 3.05) is 26.4 Å². The summed E-state index contributed by atoms with van der Waals surface area (Å²) in [5.41, 5.74) is 6.61. The van der Waals surface area contributed by atoms with Crippen LogP contribution < -0.4 is 5.73 Å². The average molecular weight is 263 g/mol. The van der Waals surface area contributed by atoms with Gasteiger partial charge < -0.3 is 15.2 Å². The van der Waals surface area contributed by atoms with Crippen LogP contribution in [0.15, 0.2) is 30.3 Å². The minimum absolute atomic E-state index is 0.222. The molecule has 1 aliphatic rings. The maximum Gasteiger partial charge on any atom is 0.314 e. The van der Waals surface area contributed by atoms with Gasteiger partial charge in [0.15, 0.2) is 0 Å². The lowest BCUT2D eigenvalue weighted by molar-refractivity contribution is -0.147. The highest BCUT2D eigenvalue weighted by Gasteiger charge is 2.22. The molecule has 1 saturated heterocycles. The van der Waals surface area contributed by atoms with E-state index in [1.54, 1.807) is 0 Å². The minimum atomic E-state index is -0.360. The Morgan fingerprint density at radius 3 is 2.63 bits per heavy atom. The summed E-state index contributed by atoms with van der Waals surface area (Å²) in [5, 5.41) is 0. The molecule has 1 aliphatic heterocycles. The van der Waals surface area contributed by atoms with Crippen LogP contribution in [0.1, 0.15) is 24.3 Å². The number of carbonyl (C=O) groups excluding carboxylic acids is 1. The van der Waals surface area contributed by atoms with E-state index in [2.05, 4.69) is 0 Å². The molecule has 2 rings (SSSR count). The average Bonchev–Trinajstić information content (AvgIpc) is 2.48. The number of rotatable bonds is 5. The van der Waals surface area contributed by atoms with Gasteiger partial charge >= 0.3 is 5.97 Å². The molecule has 1 atom stereocenters. The fraction of sp³-hybridized carbons (Fsp3) is 0.533. The molecule has 4 heteroatoms. The number of hydrogen-bond acceptors (Lipinski definition) is 4. The van der Waals surface area contributed by atoms with E-state index in [0.717, 1.165) is 31.6 Å². The van der Waals surface area contributed by atoms with E-state index in [0.29, 0.717) is 12.5 Å². The van der Waals surface area contributed by atoms with Crippen molar-refractivity contribution in [3.63, 3.8) is 0 Å². The van der Waals surface area contributed by atoms with Gasteiger partial charge in [0.05, 0.1) is 12.5 Å². The predicted octanol–water partition coefficient (Wildman–Crippen LogP) is 1.70. The molecule has 104 valence electrons. The fourth-order valence-corrected chi connectivity index (χ4v) is 2.27. The molecule has 0 radical (unpaired) electrons. The van der Waals surface area contributed by atoms with Gasteiger partial charge in [0.2, 0.25) is 0 Å². The summed E-state index contributed by atoms with van der Waals surface area (Å²) in [4.78, 5) is 12.1. The van der Waals surface area contributed by atoms with Gasteiger partial charge in [-0.2, -0.15) is 0 Å². The van der Waals surface area contributed by atoms with Crippen molar-refractivity contribution in [2.45, 2.75) is 18.8 Å². The second kappa shape index (κ2) is 7.26. The third kappa shape index (κ3) is 4.04. The highest BCUT2D eigenvalue weighted by molar-refractivity contribution is 5.78. The largest absolute Gasteiger partial charge is 0.465 e. The van der Waals surface area contributed by atoms with Gasteiger partial charge in [-0.25, -0.2) is 0 Å². The molecule has 0 saturated carbocycles. The Morgan fingerprint density at radius 2 is 2.00 bits per heavy atom. The van der Waals surface area contributed by atoms with Crippen LogP contribution in [0.3, 0.4) is 0 Å². The van der Waals surface area contributed by atoms with Crippen molar-refractivity contribution in [3.05, 3.63) is 35.9 Å². The fourth-order valence-electron chi connectivity index (χ4n) is 2.27. The number of carbonyl (C=O) groups is 1. The van der Waals surface area contributed by atoms with E-state index in [-0.39, 0.29) is 18.4 Å². The van der Waals surface area contributed by atoms with Crippen molar-refractivity contribution >= 4 is 5.97 Å². The highest BCUT2D eigenvalue weighted by Crippen LogP contribution is 2.19. The van der Waals surface area contributed by atoms with Crippen molar-refractivity contribution in [1.29, 1.82) is 0 Å². The van der Waals surface area contributed by atoms with Crippen LogP contribution in [0.5, 0.6) is 0 Å². The maximum absolute atomic E-state index is 12.1. The molecule has 1 unspecified atom stereocenters. The number of benzene rings is 1. The first-order valence-electron chi connectivity index (χ1n) is 6.80. The van der Waals surface area contributed by atoms with Crippen LogP contribution in [-0.4, -0.2) is 32.3 Å². The monoisotopic (exact) mass is 263 g/mol. The summed E-state index contributed by atoms with van der Waals surface area (Å²) in [7, 11) is 0. The number of esters is 1. The predicted molar refractivity (Wildman–Crippen MR) is 72.7 cm³/mol. The van der Waals surface area contributed by atoms with Crippen molar-refractivity contribution in [2.24, 2.45) is 11.7 Å². The molecule has 0 aromatic heterocycles. The molecule has 19 heavy (non-hydrogen) atoms. The van der Waals surface area contributed by atoms with Gasteiger partial charge in [-0.3, -0.25) is 4.79 Å². The highest BCUT2D eigenvalue weighted by atomic mass is 16.5. The molecule has 1 fully saturated rings. The lowest BCUT2D eigenvalue weighted by Gasteiger charge is -2.23. The third-order valence-electron chi connectivity index (χ3n) is 3.52. The summed E-state index contributed by atoms with van der Waals surface area (Å²) in [6, 6.07) is 9.55. The molecule has 1 aromatic carbocycles. The second-order valence-corrected chi connectivity index (χ2v) is 4.88. The van der Waals surface area contributed by atoms with E-state index < -0.39 is 0 Å². The first-order valence-corrected chi connectivity index (χ1v) is 6.80. The van der Waals surface area contributed by atoms with E-state index >= 15 is 0 Å². The molecule has 2 N–H and O–H groups in total.